The van der Waals surface area contributed by atoms with Gasteiger partial charge in [0.05, 0.1) is 11.6 Å². The van der Waals surface area contributed by atoms with Crippen molar-refractivity contribution in [3.05, 3.63) is 76.3 Å². The van der Waals surface area contributed by atoms with Crippen LogP contribution >= 0.6 is 0 Å². The summed E-state index contributed by atoms with van der Waals surface area (Å²) >= 11 is 0. The zero-order valence-corrected chi connectivity index (χ0v) is 18.3. The van der Waals surface area contributed by atoms with E-state index in [4.69, 9.17) is 4.98 Å². The number of carbonyl (C=O) groups is 1. The molecule has 1 saturated heterocycles. The first kappa shape index (κ1) is 20.4. The first-order valence-corrected chi connectivity index (χ1v) is 11.2. The van der Waals surface area contributed by atoms with Crippen molar-refractivity contribution in [2.75, 3.05) is 24.5 Å². The van der Waals surface area contributed by atoms with Crippen LogP contribution in [0.5, 0.6) is 0 Å². The van der Waals surface area contributed by atoms with Crippen LogP contribution in [-0.2, 0) is 24.8 Å². The van der Waals surface area contributed by atoms with Crippen molar-refractivity contribution in [3.8, 4) is 11.3 Å². The van der Waals surface area contributed by atoms with Crippen molar-refractivity contribution >= 4 is 11.9 Å². The van der Waals surface area contributed by atoms with Crippen LogP contribution in [0.2, 0.25) is 0 Å². The maximum Gasteiger partial charge on any atom is 0.255 e. The molecule has 2 aliphatic rings. The summed E-state index contributed by atoms with van der Waals surface area (Å²) in [5, 5.41) is 0. The van der Waals surface area contributed by atoms with Crippen molar-refractivity contribution in [1.29, 1.82) is 0 Å². The fourth-order valence-corrected chi connectivity index (χ4v) is 4.78. The lowest BCUT2D eigenvalue weighted by molar-refractivity contribution is -0.136. The highest BCUT2D eigenvalue weighted by Crippen LogP contribution is 2.27. The Morgan fingerprint density at radius 2 is 1.84 bits per heavy atom. The normalized spacial score (nSPS) is 18.3. The molecule has 4 heterocycles. The average molecular weight is 430 g/mol. The van der Waals surface area contributed by atoms with Crippen LogP contribution in [0.3, 0.4) is 0 Å². The van der Waals surface area contributed by atoms with Gasteiger partial charge >= 0.3 is 0 Å². The van der Waals surface area contributed by atoms with Crippen LogP contribution < -0.4 is 10.5 Å². The molecular formula is C25H27N5O2. The van der Waals surface area contributed by atoms with Gasteiger partial charge in [0.2, 0.25) is 11.9 Å². The third-order valence-electron chi connectivity index (χ3n) is 6.58. The van der Waals surface area contributed by atoms with Gasteiger partial charge < -0.3 is 9.80 Å². The van der Waals surface area contributed by atoms with Gasteiger partial charge in [-0.15, -0.1) is 0 Å². The van der Waals surface area contributed by atoms with Crippen LogP contribution in [0.15, 0.2) is 59.7 Å². The molecule has 1 atom stereocenters. The minimum Gasteiger partial charge on any atom is -0.341 e. The van der Waals surface area contributed by atoms with Crippen molar-refractivity contribution in [2.45, 2.75) is 25.8 Å². The van der Waals surface area contributed by atoms with Gasteiger partial charge in [-0.05, 0) is 42.5 Å². The average Bonchev–Trinajstić information content (AvgIpc) is 2.85. The predicted molar refractivity (Wildman–Crippen MR) is 123 cm³/mol. The van der Waals surface area contributed by atoms with Gasteiger partial charge in [-0.25, -0.2) is 4.98 Å². The lowest BCUT2D eigenvalue weighted by Gasteiger charge is -2.37. The quantitative estimate of drug-likeness (QED) is 0.640. The summed E-state index contributed by atoms with van der Waals surface area (Å²) in [6, 6.07) is 13.6. The van der Waals surface area contributed by atoms with Gasteiger partial charge in [-0.1, -0.05) is 24.3 Å². The Labute approximate surface area is 187 Å². The van der Waals surface area contributed by atoms with E-state index in [2.05, 4.69) is 28.1 Å². The molecule has 1 amide bonds. The predicted octanol–water partition coefficient (Wildman–Crippen LogP) is 2.64. The molecule has 3 aromatic rings. The molecule has 0 N–H and O–H groups in total. The number of benzene rings is 1. The molecule has 1 unspecified atom stereocenters. The first-order chi connectivity index (χ1) is 15.6. The summed E-state index contributed by atoms with van der Waals surface area (Å²) in [7, 11) is 1.74. The van der Waals surface area contributed by atoms with Crippen LogP contribution in [0.4, 0.5) is 5.95 Å². The number of pyridine rings is 1. The highest BCUT2D eigenvalue weighted by Gasteiger charge is 2.32. The number of fused-ring (bicyclic) bond motifs is 1. The Morgan fingerprint density at radius 3 is 2.66 bits per heavy atom. The fraction of sp³-hybridized carbons (Fsp3) is 0.360. The van der Waals surface area contributed by atoms with Crippen molar-refractivity contribution < 1.29 is 4.79 Å². The van der Waals surface area contributed by atoms with Crippen molar-refractivity contribution in [1.82, 2.24) is 19.4 Å². The zero-order chi connectivity index (χ0) is 22.1. The maximum atomic E-state index is 13.4. The monoisotopic (exact) mass is 429 g/mol. The van der Waals surface area contributed by atoms with Gasteiger partial charge in [0.15, 0.2) is 0 Å². The van der Waals surface area contributed by atoms with Crippen LogP contribution in [0.25, 0.3) is 11.3 Å². The van der Waals surface area contributed by atoms with Gasteiger partial charge in [0.25, 0.3) is 5.56 Å². The number of piperidine rings is 1. The second-order valence-corrected chi connectivity index (χ2v) is 8.64. The number of carbonyl (C=O) groups excluding carboxylic acids is 1. The number of aromatic nitrogens is 3. The number of hydrogen-bond donors (Lipinski definition) is 0. The molecule has 7 heteroatoms. The molecule has 164 valence electrons. The second-order valence-electron chi connectivity index (χ2n) is 8.64. The number of anilines is 1. The van der Waals surface area contributed by atoms with Crippen molar-refractivity contribution in [2.24, 2.45) is 13.0 Å². The molecular weight excluding hydrogens is 402 g/mol. The molecule has 0 radical (unpaired) electrons. The lowest BCUT2D eigenvalue weighted by atomic mass is 9.94. The Bertz CT molecular complexity index is 1190. The van der Waals surface area contributed by atoms with Crippen molar-refractivity contribution in [3.63, 3.8) is 0 Å². The largest absolute Gasteiger partial charge is 0.341 e. The van der Waals surface area contributed by atoms with Crippen LogP contribution in [0.1, 0.15) is 24.0 Å². The molecule has 0 aliphatic carbocycles. The van der Waals surface area contributed by atoms with E-state index in [1.165, 1.54) is 11.1 Å². The molecule has 0 spiro atoms. The fourth-order valence-electron chi connectivity index (χ4n) is 4.78. The summed E-state index contributed by atoms with van der Waals surface area (Å²) in [4.78, 5) is 39.0. The molecule has 1 aromatic carbocycles. The minimum absolute atomic E-state index is 0.0875. The highest BCUT2D eigenvalue weighted by molar-refractivity contribution is 5.80. The van der Waals surface area contributed by atoms with Crippen LogP contribution in [-0.4, -0.2) is 45.0 Å². The second kappa shape index (κ2) is 8.57. The molecule has 5 rings (SSSR count). The smallest absolute Gasteiger partial charge is 0.255 e. The SMILES string of the molecule is Cn1c(N2CCCC(C(=O)N3CCc4ccccc4C3)C2)nc(-c2ccncc2)cc1=O. The van der Waals surface area contributed by atoms with E-state index >= 15 is 0 Å². The standard InChI is InChI=1S/C25H27N5O2/c1-28-23(31)15-22(19-8-11-26-12-9-19)27-25(28)30-13-4-7-21(17-30)24(32)29-14-10-18-5-2-3-6-20(18)16-29/h2-3,5-6,8-9,11-12,15,21H,4,7,10,13-14,16-17H2,1H3. The summed E-state index contributed by atoms with van der Waals surface area (Å²) in [6.45, 7) is 2.81. The van der Waals surface area contributed by atoms with E-state index in [1.54, 1.807) is 30.1 Å². The molecule has 1 fully saturated rings. The summed E-state index contributed by atoms with van der Waals surface area (Å²) in [6.07, 6.45) is 6.06. The number of amides is 1. The summed E-state index contributed by atoms with van der Waals surface area (Å²) in [5.41, 5.74) is 3.97. The maximum absolute atomic E-state index is 13.4. The van der Waals surface area contributed by atoms with Crippen LogP contribution in [0, 0.1) is 5.92 Å². The number of nitrogens with zero attached hydrogens (tertiary/aromatic N) is 5. The Balaban J connectivity index is 1.37. The van der Waals surface area contributed by atoms with E-state index in [0.717, 1.165) is 37.9 Å². The first-order valence-electron chi connectivity index (χ1n) is 11.2. The van der Waals surface area contributed by atoms with E-state index in [0.29, 0.717) is 24.7 Å². The molecule has 0 bridgehead atoms. The third-order valence-corrected chi connectivity index (χ3v) is 6.58. The molecule has 0 saturated carbocycles. The summed E-state index contributed by atoms with van der Waals surface area (Å²) in [5.74, 6) is 0.737. The third kappa shape index (κ3) is 3.90. The topological polar surface area (TPSA) is 71.3 Å². The number of hydrogen-bond acceptors (Lipinski definition) is 5. The molecule has 2 aliphatic heterocycles. The lowest BCUT2D eigenvalue weighted by Crippen LogP contribution is -2.47. The van der Waals surface area contributed by atoms with Gasteiger partial charge in [0, 0.05) is 57.3 Å². The van der Waals surface area contributed by atoms with E-state index in [9.17, 15) is 9.59 Å². The molecule has 7 nitrogen and oxygen atoms in total. The minimum atomic E-state index is -0.108. The highest BCUT2D eigenvalue weighted by atomic mass is 16.2. The Kier molecular flexibility index (Phi) is 5.47. The Hall–Kier alpha value is -3.48. The summed E-state index contributed by atoms with van der Waals surface area (Å²) < 4.78 is 1.58. The zero-order valence-electron chi connectivity index (χ0n) is 18.3. The molecule has 32 heavy (non-hydrogen) atoms. The van der Waals surface area contributed by atoms with E-state index in [1.807, 2.05) is 23.1 Å². The van der Waals surface area contributed by atoms with Gasteiger partial charge in [-0.3, -0.25) is 19.1 Å². The number of rotatable bonds is 3. The molecule has 2 aromatic heterocycles. The van der Waals surface area contributed by atoms with E-state index in [-0.39, 0.29) is 17.4 Å². The van der Waals surface area contributed by atoms with Gasteiger partial charge in [-0.2, -0.15) is 0 Å². The van der Waals surface area contributed by atoms with E-state index < -0.39 is 0 Å². The van der Waals surface area contributed by atoms with Gasteiger partial charge in [0.1, 0.15) is 0 Å². The Morgan fingerprint density at radius 1 is 1.06 bits per heavy atom.